The normalized spacial score (nSPS) is 14.6. The molecule has 2 aromatic carbocycles. The number of aryl methyl sites for hydroxylation is 2. The average Bonchev–Trinajstić information content (AvgIpc) is 2.73. The van der Waals surface area contributed by atoms with E-state index in [2.05, 4.69) is 4.90 Å². The number of benzene rings is 2. The van der Waals surface area contributed by atoms with Gasteiger partial charge in [0.05, 0.1) is 11.9 Å². The topological polar surface area (TPSA) is 60.9 Å². The summed E-state index contributed by atoms with van der Waals surface area (Å²) in [4.78, 5) is 16.6. The third-order valence-electron chi connectivity index (χ3n) is 5.75. The van der Waals surface area contributed by atoms with Gasteiger partial charge in [-0.1, -0.05) is 6.07 Å². The van der Waals surface area contributed by atoms with E-state index in [9.17, 15) is 17.6 Å². The largest absolute Gasteiger partial charge is 0.368 e. The van der Waals surface area contributed by atoms with Crippen LogP contribution in [-0.4, -0.2) is 58.2 Å². The Bertz CT molecular complexity index is 1020. The summed E-state index contributed by atoms with van der Waals surface area (Å²) in [6.07, 6.45) is 1.95. The van der Waals surface area contributed by atoms with E-state index in [-0.39, 0.29) is 18.3 Å². The summed E-state index contributed by atoms with van der Waals surface area (Å²) in [5, 5.41) is 0. The summed E-state index contributed by atoms with van der Waals surface area (Å²) < 4.78 is 39.1. The molecule has 31 heavy (non-hydrogen) atoms. The van der Waals surface area contributed by atoms with Crippen molar-refractivity contribution in [2.75, 3.05) is 48.2 Å². The van der Waals surface area contributed by atoms with Gasteiger partial charge in [0.15, 0.2) is 0 Å². The molecule has 1 fully saturated rings. The van der Waals surface area contributed by atoms with Crippen molar-refractivity contribution in [3.63, 3.8) is 0 Å². The van der Waals surface area contributed by atoms with Gasteiger partial charge in [-0.05, 0) is 67.8 Å². The van der Waals surface area contributed by atoms with Crippen molar-refractivity contribution >= 4 is 27.3 Å². The Labute approximate surface area is 184 Å². The fraction of sp³-hybridized carbons (Fsp3) is 0.435. The highest BCUT2D eigenvalue weighted by Crippen LogP contribution is 2.22. The van der Waals surface area contributed by atoms with Crippen molar-refractivity contribution in [2.24, 2.45) is 0 Å². The van der Waals surface area contributed by atoms with Gasteiger partial charge in [-0.15, -0.1) is 0 Å². The van der Waals surface area contributed by atoms with Crippen LogP contribution in [0.2, 0.25) is 0 Å². The lowest BCUT2D eigenvalue weighted by Gasteiger charge is -2.36. The van der Waals surface area contributed by atoms with Gasteiger partial charge in [0.1, 0.15) is 5.82 Å². The number of carbonyl (C=O) groups excluding carboxylic acids is 1. The lowest BCUT2D eigenvalue weighted by molar-refractivity contribution is -0.131. The zero-order chi connectivity index (χ0) is 22.6. The number of carbonyl (C=O) groups is 1. The molecule has 6 nitrogen and oxygen atoms in total. The average molecular weight is 448 g/mol. The number of piperazine rings is 1. The number of rotatable bonds is 7. The maximum Gasteiger partial charge on any atom is 0.232 e. The molecule has 0 radical (unpaired) electrons. The van der Waals surface area contributed by atoms with E-state index < -0.39 is 10.0 Å². The lowest BCUT2D eigenvalue weighted by atomic mass is 10.1. The van der Waals surface area contributed by atoms with Crippen LogP contribution in [-0.2, 0) is 14.8 Å². The molecular formula is C23H30FN3O3S. The summed E-state index contributed by atoms with van der Waals surface area (Å²) in [5.41, 5.74) is 3.71. The van der Waals surface area contributed by atoms with Crippen LogP contribution in [0.4, 0.5) is 15.8 Å². The molecule has 8 heteroatoms. The predicted molar refractivity (Wildman–Crippen MR) is 123 cm³/mol. The van der Waals surface area contributed by atoms with Crippen molar-refractivity contribution in [1.29, 1.82) is 0 Å². The third kappa shape index (κ3) is 5.97. The van der Waals surface area contributed by atoms with Crippen LogP contribution in [0, 0.1) is 19.7 Å². The number of sulfonamides is 1. The summed E-state index contributed by atoms with van der Waals surface area (Å²) >= 11 is 0. The second-order valence-electron chi connectivity index (χ2n) is 8.05. The molecule has 0 atom stereocenters. The minimum atomic E-state index is -3.44. The Hall–Kier alpha value is -2.61. The highest BCUT2D eigenvalue weighted by molar-refractivity contribution is 7.92. The molecule has 0 saturated carbocycles. The van der Waals surface area contributed by atoms with E-state index in [1.165, 1.54) is 22.7 Å². The van der Waals surface area contributed by atoms with Gasteiger partial charge in [-0.2, -0.15) is 0 Å². The molecule has 0 bridgehead atoms. The minimum absolute atomic E-state index is 0.0345. The number of halogens is 1. The predicted octanol–water partition coefficient (Wildman–Crippen LogP) is 3.34. The van der Waals surface area contributed by atoms with E-state index in [1.807, 2.05) is 30.9 Å². The fourth-order valence-electron chi connectivity index (χ4n) is 3.77. The van der Waals surface area contributed by atoms with Gasteiger partial charge < -0.3 is 9.80 Å². The van der Waals surface area contributed by atoms with Crippen molar-refractivity contribution in [3.05, 3.63) is 59.4 Å². The molecular weight excluding hydrogens is 417 g/mol. The smallest absolute Gasteiger partial charge is 0.232 e. The number of anilines is 2. The summed E-state index contributed by atoms with van der Waals surface area (Å²) in [6.45, 7) is 6.78. The highest BCUT2D eigenvalue weighted by atomic mass is 32.2. The monoisotopic (exact) mass is 447 g/mol. The molecule has 0 aliphatic carbocycles. The Morgan fingerprint density at radius 2 is 1.65 bits per heavy atom. The van der Waals surface area contributed by atoms with Crippen molar-refractivity contribution in [1.82, 2.24) is 4.90 Å². The van der Waals surface area contributed by atoms with Gasteiger partial charge in [-0.3, -0.25) is 9.10 Å². The van der Waals surface area contributed by atoms with Crippen LogP contribution in [0.3, 0.4) is 0 Å². The van der Waals surface area contributed by atoms with Crippen LogP contribution < -0.4 is 9.21 Å². The molecule has 1 aliphatic rings. The highest BCUT2D eigenvalue weighted by Gasteiger charge is 2.22. The molecule has 0 N–H and O–H groups in total. The summed E-state index contributed by atoms with van der Waals surface area (Å²) in [7, 11) is -3.44. The Balaban J connectivity index is 1.52. The Kier molecular flexibility index (Phi) is 7.20. The molecule has 168 valence electrons. The van der Waals surface area contributed by atoms with Crippen LogP contribution in [0.5, 0.6) is 0 Å². The first-order chi connectivity index (χ1) is 14.6. The molecule has 0 aromatic heterocycles. The van der Waals surface area contributed by atoms with Crippen LogP contribution in [0.1, 0.15) is 24.0 Å². The summed E-state index contributed by atoms with van der Waals surface area (Å²) in [6, 6.07) is 12.0. The van der Waals surface area contributed by atoms with Gasteiger partial charge in [-0.25, -0.2) is 12.8 Å². The number of amides is 1. The first kappa shape index (κ1) is 23.1. The maximum atomic E-state index is 13.1. The standard InChI is InChI=1S/C23H30FN3O3S/c1-18-6-9-22(17-19(18)2)27(31(3,29)30)12-4-5-23(28)26-15-13-25(14-16-26)21-10-7-20(24)8-11-21/h6-11,17H,4-5,12-16H2,1-3H3. The third-order valence-corrected chi connectivity index (χ3v) is 6.95. The second-order valence-corrected chi connectivity index (χ2v) is 9.96. The van der Waals surface area contributed by atoms with Crippen molar-refractivity contribution in [2.45, 2.75) is 26.7 Å². The zero-order valence-corrected chi connectivity index (χ0v) is 19.2. The van der Waals surface area contributed by atoms with E-state index in [4.69, 9.17) is 0 Å². The van der Waals surface area contributed by atoms with Gasteiger partial charge >= 0.3 is 0 Å². The van der Waals surface area contributed by atoms with Crippen LogP contribution in [0.15, 0.2) is 42.5 Å². The number of hydrogen-bond donors (Lipinski definition) is 0. The molecule has 2 aromatic rings. The first-order valence-corrected chi connectivity index (χ1v) is 12.3. The molecule has 1 amide bonds. The van der Waals surface area contributed by atoms with E-state index in [0.717, 1.165) is 16.8 Å². The van der Waals surface area contributed by atoms with Crippen LogP contribution >= 0.6 is 0 Å². The Morgan fingerprint density at radius 1 is 1.00 bits per heavy atom. The van der Waals surface area contributed by atoms with E-state index in [1.54, 1.807) is 18.2 Å². The van der Waals surface area contributed by atoms with Gasteiger partial charge in [0, 0.05) is 44.8 Å². The molecule has 1 aliphatic heterocycles. The lowest BCUT2D eigenvalue weighted by Crippen LogP contribution is -2.48. The van der Waals surface area contributed by atoms with Gasteiger partial charge in [0.2, 0.25) is 15.9 Å². The molecule has 3 rings (SSSR count). The Morgan fingerprint density at radius 3 is 2.23 bits per heavy atom. The fourth-order valence-corrected chi connectivity index (χ4v) is 4.72. The maximum absolute atomic E-state index is 13.1. The molecule has 0 spiro atoms. The molecule has 0 unspecified atom stereocenters. The van der Waals surface area contributed by atoms with Crippen molar-refractivity contribution < 1.29 is 17.6 Å². The zero-order valence-electron chi connectivity index (χ0n) is 18.3. The van der Waals surface area contributed by atoms with E-state index >= 15 is 0 Å². The first-order valence-electron chi connectivity index (χ1n) is 10.5. The second kappa shape index (κ2) is 9.68. The minimum Gasteiger partial charge on any atom is -0.368 e. The quantitative estimate of drug-likeness (QED) is 0.653. The summed E-state index contributed by atoms with van der Waals surface area (Å²) in [5.74, 6) is -0.228. The van der Waals surface area contributed by atoms with Gasteiger partial charge in [0.25, 0.3) is 0 Å². The van der Waals surface area contributed by atoms with Crippen molar-refractivity contribution in [3.8, 4) is 0 Å². The van der Waals surface area contributed by atoms with Crippen LogP contribution in [0.25, 0.3) is 0 Å². The number of hydrogen-bond acceptors (Lipinski definition) is 4. The number of nitrogens with zero attached hydrogens (tertiary/aromatic N) is 3. The SMILES string of the molecule is Cc1ccc(N(CCCC(=O)N2CCN(c3ccc(F)cc3)CC2)S(C)(=O)=O)cc1C. The molecule has 1 heterocycles. The van der Waals surface area contributed by atoms with E-state index in [0.29, 0.717) is 44.7 Å². The molecule has 1 saturated heterocycles.